The number of fused-ring (bicyclic) bond motifs is 2. The Morgan fingerprint density at radius 1 is 1.03 bits per heavy atom. The number of halogens is 2. The Labute approximate surface area is 189 Å². The maximum absolute atomic E-state index is 14.3. The van der Waals surface area contributed by atoms with Crippen molar-refractivity contribution in [2.45, 2.75) is 18.2 Å². The first-order valence-corrected chi connectivity index (χ1v) is 11.4. The number of carbonyl (C=O) groups is 2. The molecule has 3 heterocycles. The van der Waals surface area contributed by atoms with Gasteiger partial charge in [-0.05, 0) is 37.1 Å². The summed E-state index contributed by atoms with van der Waals surface area (Å²) in [6, 6.07) is 12.2. The standard InChI is InChI=1S/C24H22ClFN4O2/c25-16-8-14(9-16)23(31)28-11-15-12-29(24(32)18(15)13-28)20-6-3-7-21-17(20)10-27-30(21)22-5-2-1-4-19(22)26/h1-7,10,14-16,18H,8-9,11-13H2/t14?,15-,16?,18-/m0/s1. The Balaban J connectivity index is 1.26. The molecule has 164 valence electrons. The summed E-state index contributed by atoms with van der Waals surface area (Å²) >= 11 is 6.04. The van der Waals surface area contributed by atoms with Crippen molar-refractivity contribution in [3.05, 3.63) is 54.5 Å². The highest BCUT2D eigenvalue weighted by Gasteiger charge is 2.49. The Hall–Kier alpha value is -2.93. The Morgan fingerprint density at radius 2 is 1.81 bits per heavy atom. The van der Waals surface area contributed by atoms with E-state index in [1.54, 1.807) is 29.1 Å². The summed E-state index contributed by atoms with van der Waals surface area (Å²) in [6.07, 6.45) is 3.16. The molecule has 3 fully saturated rings. The van der Waals surface area contributed by atoms with Crippen LogP contribution >= 0.6 is 11.6 Å². The predicted octanol–water partition coefficient (Wildman–Crippen LogP) is 3.60. The van der Waals surface area contributed by atoms with Gasteiger partial charge in [-0.2, -0.15) is 5.10 Å². The Kier molecular flexibility index (Phi) is 4.50. The summed E-state index contributed by atoms with van der Waals surface area (Å²) < 4.78 is 15.9. The van der Waals surface area contributed by atoms with Gasteiger partial charge in [-0.15, -0.1) is 11.6 Å². The van der Waals surface area contributed by atoms with Crippen molar-refractivity contribution in [3.8, 4) is 5.69 Å². The van der Waals surface area contributed by atoms with Crippen LogP contribution in [0.2, 0.25) is 0 Å². The fraction of sp³-hybridized carbons (Fsp3) is 0.375. The summed E-state index contributed by atoms with van der Waals surface area (Å²) in [5.74, 6) is -0.214. The highest BCUT2D eigenvalue weighted by Crippen LogP contribution is 2.40. The van der Waals surface area contributed by atoms with Crippen LogP contribution in [0, 0.1) is 23.6 Å². The molecular weight excluding hydrogens is 431 g/mol. The van der Waals surface area contributed by atoms with Crippen LogP contribution in [-0.4, -0.2) is 51.5 Å². The average Bonchev–Trinajstić information content (AvgIpc) is 3.46. The second kappa shape index (κ2) is 7.30. The molecule has 6 rings (SSSR count). The third-order valence-electron chi connectivity index (χ3n) is 7.14. The first-order valence-electron chi connectivity index (χ1n) is 11.0. The molecule has 3 aliphatic rings. The molecule has 0 spiro atoms. The second-order valence-corrected chi connectivity index (χ2v) is 9.66. The van der Waals surface area contributed by atoms with Crippen molar-refractivity contribution >= 4 is 40.0 Å². The normalized spacial score (nSPS) is 27.1. The zero-order valence-corrected chi connectivity index (χ0v) is 18.1. The van der Waals surface area contributed by atoms with Crippen LogP contribution in [-0.2, 0) is 9.59 Å². The number of carbonyl (C=O) groups excluding carboxylic acids is 2. The number of para-hydroxylation sites is 1. The quantitative estimate of drug-likeness (QED) is 0.570. The molecule has 2 atom stereocenters. The lowest BCUT2D eigenvalue weighted by atomic mass is 9.84. The van der Waals surface area contributed by atoms with E-state index in [1.165, 1.54) is 6.07 Å². The number of amides is 2. The van der Waals surface area contributed by atoms with Crippen molar-refractivity contribution in [2.75, 3.05) is 24.5 Å². The van der Waals surface area contributed by atoms with Gasteiger partial charge in [0.2, 0.25) is 11.8 Å². The number of alkyl halides is 1. The lowest BCUT2D eigenvalue weighted by Crippen LogP contribution is -2.43. The molecule has 1 aromatic heterocycles. The van der Waals surface area contributed by atoms with Gasteiger partial charge in [0.05, 0.1) is 23.3 Å². The van der Waals surface area contributed by atoms with E-state index in [-0.39, 0.29) is 40.8 Å². The number of nitrogens with zero attached hydrogens (tertiary/aromatic N) is 4. The van der Waals surface area contributed by atoms with E-state index in [0.29, 0.717) is 25.3 Å². The molecule has 0 unspecified atom stereocenters. The van der Waals surface area contributed by atoms with E-state index in [0.717, 1.165) is 29.4 Å². The second-order valence-electron chi connectivity index (χ2n) is 9.04. The maximum Gasteiger partial charge on any atom is 0.232 e. The van der Waals surface area contributed by atoms with Gasteiger partial charge in [-0.25, -0.2) is 9.07 Å². The minimum Gasteiger partial charge on any atom is -0.341 e. The molecule has 2 aromatic carbocycles. The number of aromatic nitrogens is 2. The van der Waals surface area contributed by atoms with Crippen LogP contribution in [0.25, 0.3) is 16.6 Å². The molecule has 8 heteroatoms. The lowest BCUT2D eigenvalue weighted by molar-refractivity contribution is -0.137. The Bertz CT molecular complexity index is 1240. The average molecular weight is 453 g/mol. The van der Waals surface area contributed by atoms with Gasteiger partial charge in [0, 0.05) is 42.2 Å². The molecular formula is C24H22ClFN4O2. The lowest BCUT2D eigenvalue weighted by Gasteiger charge is -2.33. The number of benzene rings is 2. The van der Waals surface area contributed by atoms with Crippen LogP contribution in [0.5, 0.6) is 0 Å². The maximum atomic E-state index is 14.3. The summed E-state index contributed by atoms with van der Waals surface area (Å²) in [4.78, 5) is 29.7. The van der Waals surface area contributed by atoms with E-state index in [4.69, 9.17) is 11.6 Å². The van der Waals surface area contributed by atoms with Gasteiger partial charge in [-0.3, -0.25) is 9.59 Å². The Morgan fingerprint density at radius 3 is 2.56 bits per heavy atom. The monoisotopic (exact) mass is 452 g/mol. The predicted molar refractivity (Wildman–Crippen MR) is 119 cm³/mol. The van der Waals surface area contributed by atoms with Gasteiger partial charge >= 0.3 is 0 Å². The first-order chi connectivity index (χ1) is 15.5. The largest absolute Gasteiger partial charge is 0.341 e. The topological polar surface area (TPSA) is 58.4 Å². The third kappa shape index (κ3) is 2.94. The van der Waals surface area contributed by atoms with Crippen LogP contribution in [0.1, 0.15) is 12.8 Å². The highest BCUT2D eigenvalue weighted by molar-refractivity contribution is 6.21. The van der Waals surface area contributed by atoms with Gasteiger partial charge in [0.15, 0.2) is 0 Å². The van der Waals surface area contributed by atoms with Crippen molar-refractivity contribution < 1.29 is 14.0 Å². The van der Waals surface area contributed by atoms with Gasteiger partial charge in [-0.1, -0.05) is 18.2 Å². The van der Waals surface area contributed by atoms with Gasteiger partial charge in [0.1, 0.15) is 11.5 Å². The molecule has 6 nitrogen and oxygen atoms in total. The number of likely N-dealkylation sites (tertiary alicyclic amines) is 1. The smallest absolute Gasteiger partial charge is 0.232 e. The molecule has 1 saturated carbocycles. The van der Waals surface area contributed by atoms with Crippen LogP contribution < -0.4 is 4.90 Å². The minimum atomic E-state index is -0.355. The van der Waals surface area contributed by atoms with Crippen LogP contribution in [0.4, 0.5) is 10.1 Å². The summed E-state index contributed by atoms with van der Waals surface area (Å²) in [5, 5.41) is 5.32. The van der Waals surface area contributed by atoms with E-state index in [1.807, 2.05) is 28.0 Å². The van der Waals surface area contributed by atoms with Gasteiger partial charge < -0.3 is 9.80 Å². The fourth-order valence-electron chi connectivity index (χ4n) is 5.35. The van der Waals surface area contributed by atoms with Crippen molar-refractivity contribution in [1.29, 1.82) is 0 Å². The summed E-state index contributed by atoms with van der Waals surface area (Å²) in [7, 11) is 0. The SMILES string of the molecule is O=C(C1CC(Cl)C1)N1C[C@H]2CN(c3cccc4c3cnn4-c3ccccc3F)C(=O)[C@H]2C1. The number of rotatable bonds is 3. The van der Waals surface area contributed by atoms with E-state index in [2.05, 4.69) is 5.10 Å². The number of anilines is 1. The fourth-order valence-corrected chi connectivity index (χ4v) is 5.78. The minimum absolute atomic E-state index is 0.0144. The molecule has 3 aromatic rings. The van der Waals surface area contributed by atoms with Gasteiger partial charge in [0.25, 0.3) is 0 Å². The molecule has 0 bridgehead atoms. The molecule has 1 aliphatic carbocycles. The van der Waals surface area contributed by atoms with Crippen molar-refractivity contribution in [2.24, 2.45) is 17.8 Å². The molecule has 2 amide bonds. The molecule has 0 N–H and O–H groups in total. The third-order valence-corrected chi connectivity index (χ3v) is 7.50. The van der Waals surface area contributed by atoms with Crippen LogP contribution in [0.15, 0.2) is 48.7 Å². The van der Waals surface area contributed by atoms with E-state index in [9.17, 15) is 14.0 Å². The highest BCUT2D eigenvalue weighted by atomic mass is 35.5. The number of hydrogen-bond acceptors (Lipinski definition) is 3. The van der Waals surface area contributed by atoms with Crippen LogP contribution in [0.3, 0.4) is 0 Å². The van der Waals surface area contributed by atoms with E-state index >= 15 is 0 Å². The molecule has 0 radical (unpaired) electrons. The molecule has 2 aliphatic heterocycles. The number of hydrogen-bond donors (Lipinski definition) is 0. The van der Waals surface area contributed by atoms with E-state index < -0.39 is 0 Å². The molecule has 2 saturated heterocycles. The first kappa shape index (κ1) is 19.7. The van der Waals surface area contributed by atoms with Crippen molar-refractivity contribution in [3.63, 3.8) is 0 Å². The van der Waals surface area contributed by atoms with Crippen molar-refractivity contribution in [1.82, 2.24) is 14.7 Å². The zero-order valence-electron chi connectivity index (χ0n) is 17.3. The zero-order chi connectivity index (χ0) is 22.0. The summed E-state index contributed by atoms with van der Waals surface area (Å²) in [5.41, 5.74) is 1.90. The summed E-state index contributed by atoms with van der Waals surface area (Å²) in [6.45, 7) is 1.66. The molecule has 32 heavy (non-hydrogen) atoms.